The van der Waals surface area contributed by atoms with Crippen molar-refractivity contribution in [1.29, 1.82) is 0 Å². The second-order valence-corrected chi connectivity index (χ2v) is 4.42. The summed E-state index contributed by atoms with van der Waals surface area (Å²) < 4.78 is 20.8. The fourth-order valence-corrected chi connectivity index (χ4v) is 1.84. The maximum absolute atomic E-state index is 11.7. The van der Waals surface area contributed by atoms with E-state index in [0.717, 1.165) is 5.56 Å². The summed E-state index contributed by atoms with van der Waals surface area (Å²) in [5.41, 5.74) is 0.742. The van der Waals surface area contributed by atoms with Gasteiger partial charge in [0.25, 0.3) is 0 Å². The molecule has 0 fully saturated rings. The van der Waals surface area contributed by atoms with Crippen molar-refractivity contribution >= 4 is 12.0 Å². The second-order valence-electron chi connectivity index (χ2n) is 4.42. The number of carbonyl (C=O) groups excluding carboxylic acids is 1. The Labute approximate surface area is 135 Å². The van der Waals surface area contributed by atoms with Crippen LogP contribution < -0.4 is 19.5 Å². The van der Waals surface area contributed by atoms with Crippen LogP contribution in [0.1, 0.15) is 5.56 Å². The van der Waals surface area contributed by atoms with E-state index in [-0.39, 0.29) is 19.1 Å². The minimum absolute atomic E-state index is 0.0328. The molecule has 7 heteroatoms. The zero-order valence-corrected chi connectivity index (χ0v) is 13.6. The van der Waals surface area contributed by atoms with Gasteiger partial charge >= 0.3 is 0 Å². The third-order valence-corrected chi connectivity index (χ3v) is 2.90. The van der Waals surface area contributed by atoms with Crippen molar-refractivity contribution in [3.8, 4) is 17.2 Å². The first-order chi connectivity index (χ1) is 11.2. The van der Waals surface area contributed by atoms with Gasteiger partial charge in [0.2, 0.25) is 11.7 Å². The van der Waals surface area contributed by atoms with Crippen molar-refractivity contribution in [3.05, 3.63) is 23.8 Å². The van der Waals surface area contributed by atoms with Gasteiger partial charge in [0.05, 0.1) is 41.2 Å². The van der Waals surface area contributed by atoms with Gasteiger partial charge in [-0.15, -0.1) is 0 Å². The Bertz CT molecular complexity index is 504. The summed E-state index contributed by atoms with van der Waals surface area (Å²) >= 11 is 0. The molecule has 0 bridgehead atoms. The van der Waals surface area contributed by atoms with Gasteiger partial charge in [-0.2, -0.15) is 0 Å². The lowest BCUT2D eigenvalue weighted by Gasteiger charge is -2.12. The summed E-state index contributed by atoms with van der Waals surface area (Å²) in [5.74, 6) is 1.29. The molecule has 0 saturated carbocycles. The fourth-order valence-electron chi connectivity index (χ4n) is 1.84. The normalized spacial score (nSPS) is 10.6. The molecule has 0 spiro atoms. The summed E-state index contributed by atoms with van der Waals surface area (Å²) in [6, 6.07) is 3.49. The van der Waals surface area contributed by atoms with E-state index in [2.05, 4.69) is 5.32 Å². The SMILES string of the molecule is COc1cc(/C=C/C(=O)NCCOCCO)cc(OC)c1OC. The molecular formula is C16H23NO6. The molecule has 1 aromatic carbocycles. The maximum atomic E-state index is 11.7. The second kappa shape index (κ2) is 10.5. The van der Waals surface area contributed by atoms with Gasteiger partial charge in [0.1, 0.15) is 0 Å². The quantitative estimate of drug-likeness (QED) is 0.490. The number of carbonyl (C=O) groups is 1. The first-order valence-electron chi connectivity index (χ1n) is 7.10. The Morgan fingerprint density at radius 2 is 1.78 bits per heavy atom. The molecular weight excluding hydrogens is 302 g/mol. The molecule has 2 N–H and O–H groups in total. The number of benzene rings is 1. The summed E-state index contributed by atoms with van der Waals surface area (Å²) in [6.07, 6.45) is 3.06. The van der Waals surface area contributed by atoms with Crippen molar-refractivity contribution in [2.45, 2.75) is 0 Å². The Morgan fingerprint density at radius 1 is 1.13 bits per heavy atom. The molecule has 0 aromatic heterocycles. The lowest BCUT2D eigenvalue weighted by Crippen LogP contribution is -2.25. The molecule has 1 amide bonds. The Kier molecular flexibility index (Phi) is 8.56. The van der Waals surface area contributed by atoms with E-state index in [1.165, 1.54) is 27.4 Å². The molecule has 0 saturated heterocycles. The summed E-state index contributed by atoms with van der Waals surface area (Å²) in [4.78, 5) is 11.7. The first kappa shape index (κ1) is 18.8. The molecule has 0 aliphatic carbocycles. The fraction of sp³-hybridized carbons (Fsp3) is 0.438. The molecule has 0 radical (unpaired) electrons. The molecule has 0 heterocycles. The predicted octanol–water partition coefficient (Wildman–Crippen LogP) is 0.851. The monoisotopic (exact) mass is 325 g/mol. The van der Waals surface area contributed by atoms with Crippen LogP contribution in [0.25, 0.3) is 6.08 Å². The molecule has 0 atom stereocenters. The molecule has 23 heavy (non-hydrogen) atoms. The number of nitrogens with one attached hydrogen (secondary N) is 1. The Balaban J connectivity index is 2.67. The van der Waals surface area contributed by atoms with E-state index in [1.807, 2.05) is 0 Å². The number of aliphatic hydroxyl groups is 1. The van der Waals surface area contributed by atoms with Crippen molar-refractivity contribution < 1.29 is 28.8 Å². The first-order valence-corrected chi connectivity index (χ1v) is 7.10. The van der Waals surface area contributed by atoms with Crippen LogP contribution in [-0.4, -0.2) is 58.7 Å². The van der Waals surface area contributed by atoms with Crippen LogP contribution >= 0.6 is 0 Å². The highest BCUT2D eigenvalue weighted by Gasteiger charge is 2.12. The summed E-state index contributed by atoms with van der Waals surface area (Å²) in [7, 11) is 4.59. The molecule has 128 valence electrons. The lowest BCUT2D eigenvalue weighted by molar-refractivity contribution is -0.116. The third-order valence-electron chi connectivity index (χ3n) is 2.90. The van der Waals surface area contributed by atoms with E-state index in [0.29, 0.717) is 30.4 Å². The van der Waals surface area contributed by atoms with Crippen LogP contribution in [0.15, 0.2) is 18.2 Å². The van der Waals surface area contributed by atoms with Gasteiger partial charge in [-0.05, 0) is 23.8 Å². The van der Waals surface area contributed by atoms with Crippen LogP contribution in [0, 0.1) is 0 Å². The zero-order valence-electron chi connectivity index (χ0n) is 13.6. The highest BCUT2D eigenvalue weighted by molar-refractivity contribution is 5.91. The van der Waals surface area contributed by atoms with E-state index < -0.39 is 0 Å². The average Bonchev–Trinajstić information content (AvgIpc) is 2.58. The highest BCUT2D eigenvalue weighted by atomic mass is 16.5. The number of ether oxygens (including phenoxy) is 4. The molecule has 7 nitrogen and oxygen atoms in total. The van der Waals surface area contributed by atoms with Gasteiger partial charge in [-0.3, -0.25) is 4.79 Å². The van der Waals surface area contributed by atoms with E-state index in [9.17, 15) is 4.79 Å². The molecule has 0 aliphatic heterocycles. The Hall–Kier alpha value is -2.25. The maximum Gasteiger partial charge on any atom is 0.244 e. The van der Waals surface area contributed by atoms with E-state index in [1.54, 1.807) is 18.2 Å². The number of amides is 1. The van der Waals surface area contributed by atoms with Crippen molar-refractivity contribution in [2.75, 3.05) is 47.7 Å². The van der Waals surface area contributed by atoms with Gasteiger partial charge in [0.15, 0.2) is 11.5 Å². The van der Waals surface area contributed by atoms with Crippen molar-refractivity contribution in [2.24, 2.45) is 0 Å². The van der Waals surface area contributed by atoms with Crippen molar-refractivity contribution in [1.82, 2.24) is 5.32 Å². The standard InChI is InChI=1S/C16H23NO6/c1-20-13-10-12(11-14(21-2)16(13)22-3)4-5-15(19)17-6-8-23-9-7-18/h4-5,10-11,18H,6-9H2,1-3H3,(H,17,19)/b5-4+. The van der Waals surface area contributed by atoms with Gasteiger partial charge in [-0.25, -0.2) is 0 Å². The summed E-state index contributed by atoms with van der Waals surface area (Å²) in [6.45, 7) is 0.953. The topological polar surface area (TPSA) is 86.3 Å². The third kappa shape index (κ3) is 6.17. The largest absolute Gasteiger partial charge is 0.493 e. The number of hydrogen-bond donors (Lipinski definition) is 2. The van der Waals surface area contributed by atoms with Crippen LogP contribution in [0.4, 0.5) is 0 Å². The van der Waals surface area contributed by atoms with Gasteiger partial charge in [-0.1, -0.05) is 0 Å². The van der Waals surface area contributed by atoms with Crippen molar-refractivity contribution in [3.63, 3.8) is 0 Å². The minimum atomic E-state index is -0.244. The lowest BCUT2D eigenvalue weighted by atomic mass is 10.1. The predicted molar refractivity (Wildman–Crippen MR) is 86.0 cm³/mol. The molecule has 1 aromatic rings. The number of methoxy groups -OCH3 is 3. The molecule has 1 rings (SSSR count). The minimum Gasteiger partial charge on any atom is -0.493 e. The van der Waals surface area contributed by atoms with E-state index in [4.69, 9.17) is 24.1 Å². The summed E-state index contributed by atoms with van der Waals surface area (Å²) in [5, 5.41) is 11.2. The number of hydrogen-bond acceptors (Lipinski definition) is 6. The highest BCUT2D eigenvalue weighted by Crippen LogP contribution is 2.38. The van der Waals surface area contributed by atoms with Gasteiger partial charge < -0.3 is 29.4 Å². The zero-order chi connectivity index (χ0) is 17.1. The van der Waals surface area contributed by atoms with Crippen LogP contribution in [0.3, 0.4) is 0 Å². The van der Waals surface area contributed by atoms with Crippen LogP contribution in [0.2, 0.25) is 0 Å². The molecule has 0 unspecified atom stereocenters. The number of aliphatic hydroxyl groups excluding tert-OH is 1. The smallest absolute Gasteiger partial charge is 0.244 e. The average molecular weight is 325 g/mol. The Morgan fingerprint density at radius 3 is 2.30 bits per heavy atom. The number of rotatable bonds is 10. The van der Waals surface area contributed by atoms with Crippen LogP contribution in [-0.2, 0) is 9.53 Å². The van der Waals surface area contributed by atoms with E-state index >= 15 is 0 Å². The van der Waals surface area contributed by atoms with Gasteiger partial charge in [0, 0.05) is 12.6 Å². The van der Waals surface area contributed by atoms with Crippen LogP contribution in [0.5, 0.6) is 17.2 Å². The molecule has 0 aliphatic rings.